The number of benzene rings is 1. The molecule has 2 rings (SSSR count). The molecule has 0 spiro atoms. The van der Waals surface area contributed by atoms with Gasteiger partial charge in [0.2, 0.25) is 0 Å². The van der Waals surface area contributed by atoms with Crippen molar-refractivity contribution in [1.82, 2.24) is 0 Å². The maximum atomic E-state index is 12.6. The first-order chi connectivity index (χ1) is 8.59. The quantitative estimate of drug-likeness (QED) is 0.768. The van der Waals surface area contributed by atoms with Crippen LogP contribution in [0, 0.1) is 17.8 Å². The van der Waals surface area contributed by atoms with E-state index >= 15 is 0 Å². The number of Topliss-reactive ketones (excluding diaryl/α,β-unsaturated/α-hetero) is 1. The van der Waals surface area contributed by atoms with Crippen molar-refractivity contribution in [3.8, 4) is 0 Å². The predicted octanol–water partition coefficient (Wildman–Crippen LogP) is 4.43. The summed E-state index contributed by atoms with van der Waals surface area (Å²) in [6.45, 7) is 6.66. The van der Waals surface area contributed by atoms with Gasteiger partial charge in [0.15, 0.2) is 0 Å². The van der Waals surface area contributed by atoms with Crippen molar-refractivity contribution in [3.05, 3.63) is 35.9 Å². The normalized spacial score (nSPS) is 29.8. The van der Waals surface area contributed by atoms with E-state index in [4.69, 9.17) is 0 Å². The summed E-state index contributed by atoms with van der Waals surface area (Å²) in [5, 5.41) is 0. The Bertz CT molecular complexity index is 395. The topological polar surface area (TPSA) is 17.1 Å². The number of carbonyl (C=O) groups is 1. The van der Waals surface area contributed by atoms with Gasteiger partial charge in [0.1, 0.15) is 5.78 Å². The van der Waals surface area contributed by atoms with Gasteiger partial charge in [-0.3, -0.25) is 4.79 Å². The summed E-state index contributed by atoms with van der Waals surface area (Å²) in [6.07, 6.45) is 3.37. The minimum atomic E-state index is 0.0526. The van der Waals surface area contributed by atoms with E-state index in [1.165, 1.54) is 6.42 Å². The smallest absolute Gasteiger partial charge is 0.143 e. The van der Waals surface area contributed by atoms with Crippen molar-refractivity contribution < 1.29 is 4.79 Å². The van der Waals surface area contributed by atoms with Crippen LogP contribution < -0.4 is 0 Å². The van der Waals surface area contributed by atoms with Gasteiger partial charge in [0.25, 0.3) is 0 Å². The molecule has 0 amide bonds. The molecule has 4 unspecified atom stereocenters. The van der Waals surface area contributed by atoms with E-state index in [9.17, 15) is 4.79 Å². The van der Waals surface area contributed by atoms with Crippen LogP contribution in [-0.4, -0.2) is 5.78 Å². The predicted molar refractivity (Wildman–Crippen MR) is 75.5 cm³/mol. The van der Waals surface area contributed by atoms with E-state index < -0.39 is 0 Å². The van der Waals surface area contributed by atoms with Gasteiger partial charge in [0, 0.05) is 11.8 Å². The Kier molecular flexibility index (Phi) is 4.21. The van der Waals surface area contributed by atoms with Gasteiger partial charge in [-0.25, -0.2) is 0 Å². The van der Waals surface area contributed by atoms with E-state index in [0.29, 0.717) is 11.7 Å². The highest BCUT2D eigenvalue weighted by atomic mass is 16.1. The van der Waals surface area contributed by atoms with Crippen molar-refractivity contribution in [2.75, 3.05) is 0 Å². The van der Waals surface area contributed by atoms with Crippen molar-refractivity contribution in [3.63, 3.8) is 0 Å². The van der Waals surface area contributed by atoms with Crippen LogP contribution in [0.5, 0.6) is 0 Å². The molecule has 0 saturated heterocycles. The SMILES string of the molecule is CC(C(=O)C1CCC(C)C(C)C1)c1ccccc1. The second-order valence-corrected chi connectivity index (χ2v) is 6.00. The van der Waals surface area contributed by atoms with E-state index in [2.05, 4.69) is 32.9 Å². The molecular formula is C17H24O. The number of carbonyl (C=O) groups excluding carboxylic acids is 1. The lowest BCUT2D eigenvalue weighted by Gasteiger charge is -2.32. The Morgan fingerprint density at radius 1 is 1.11 bits per heavy atom. The average Bonchev–Trinajstić information content (AvgIpc) is 2.41. The Labute approximate surface area is 111 Å². The molecule has 0 radical (unpaired) electrons. The molecule has 98 valence electrons. The summed E-state index contributed by atoms with van der Waals surface area (Å²) in [6, 6.07) is 10.2. The van der Waals surface area contributed by atoms with Gasteiger partial charge >= 0.3 is 0 Å². The molecule has 0 bridgehead atoms. The third-order valence-corrected chi connectivity index (χ3v) is 4.73. The molecule has 1 nitrogen and oxygen atoms in total. The minimum absolute atomic E-state index is 0.0526. The maximum Gasteiger partial charge on any atom is 0.143 e. The zero-order chi connectivity index (χ0) is 13.1. The second-order valence-electron chi connectivity index (χ2n) is 6.00. The number of hydrogen-bond donors (Lipinski definition) is 0. The first-order valence-corrected chi connectivity index (χ1v) is 7.18. The van der Waals surface area contributed by atoms with E-state index in [0.717, 1.165) is 24.3 Å². The summed E-state index contributed by atoms with van der Waals surface area (Å²) >= 11 is 0. The van der Waals surface area contributed by atoms with Crippen LogP contribution in [0.1, 0.15) is 51.5 Å². The Balaban J connectivity index is 2.03. The second kappa shape index (κ2) is 5.69. The zero-order valence-corrected chi connectivity index (χ0v) is 11.7. The first kappa shape index (κ1) is 13.3. The number of rotatable bonds is 3. The lowest BCUT2D eigenvalue weighted by molar-refractivity contribution is -0.125. The highest BCUT2D eigenvalue weighted by molar-refractivity contribution is 5.87. The van der Waals surface area contributed by atoms with Crippen LogP contribution in [0.4, 0.5) is 0 Å². The molecule has 0 N–H and O–H groups in total. The van der Waals surface area contributed by atoms with Gasteiger partial charge < -0.3 is 0 Å². The average molecular weight is 244 g/mol. The fourth-order valence-electron chi connectivity index (χ4n) is 3.07. The van der Waals surface area contributed by atoms with Crippen LogP contribution in [0.3, 0.4) is 0 Å². The van der Waals surface area contributed by atoms with Gasteiger partial charge in [-0.05, 0) is 36.7 Å². The fourth-order valence-corrected chi connectivity index (χ4v) is 3.07. The van der Waals surface area contributed by atoms with E-state index in [1.54, 1.807) is 0 Å². The summed E-state index contributed by atoms with van der Waals surface area (Å²) in [5.41, 5.74) is 1.16. The Morgan fingerprint density at radius 3 is 2.39 bits per heavy atom. The van der Waals surface area contributed by atoms with Crippen molar-refractivity contribution in [2.24, 2.45) is 17.8 Å². The molecule has 1 saturated carbocycles. The third-order valence-electron chi connectivity index (χ3n) is 4.73. The monoisotopic (exact) mass is 244 g/mol. The molecule has 4 atom stereocenters. The molecule has 1 aromatic carbocycles. The fraction of sp³-hybridized carbons (Fsp3) is 0.588. The maximum absolute atomic E-state index is 12.6. The van der Waals surface area contributed by atoms with Gasteiger partial charge in [-0.15, -0.1) is 0 Å². The molecule has 0 heterocycles. The van der Waals surface area contributed by atoms with Gasteiger partial charge in [0.05, 0.1) is 0 Å². The Hall–Kier alpha value is -1.11. The number of hydrogen-bond acceptors (Lipinski definition) is 1. The molecular weight excluding hydrogens is 220 g/mol. The summed E-state index contributed by atoms with van der Waals surface area (Å²) in [4.78, 5) is 12.6. The van der Waals surface area contributed by atoms with E-state index in [1.807, 2.05) is 18.2 Å². The Morgan fingerprint density at radius 2 is 1.78 bits per heavy atom. The molecule has 18 heavy (non-hydrogen) atoms. The zero-order valence-electron chi connectivity index (χ0n) is 11.7. The molecule has 1 aliphatic carbocycles. The van der Waals surface area contributed by atoms with Crippen LogP contribution in [-0.2, 0) is 4.79 Å². The molecule has 1 aliphatic rings. The molecule has 1 heteroatoms. The van der Waals surface area contributed by atoms with Crippen molar-refractivity contribution >= 4 is 5.78 Å². The van der Waals surface area contributed by atoms with Crippen LogP contribution >= 0.6 is 0 Å². The molecule has 0 aliphatic heterocycles. The lowest BCUT2D eigenvalue weighted by Crippen LogP contribution is -2.29. The summed E-state index contributed by atoms with van der Waals surface area (Å²) < 4.78 is 0. The third kappa shape index (κ3) is 2.82. The molecule has 1 aromatic rings. The summed E-state index contributed by atoms with van der Waals surface area (Å²) in [5.74, 6) is 2.25. The minimum Gasteiger partial charge on any atom is -0.299 e. The molecule has 0 aromatic heterocycles. The highest BCUT2D eigenvalue weighted by Crippen LogP contribution is 2.36. The van der Waals surface area contributed by atoms with Crippen LogP contribution in [0.25, 0.3) is 0 Å². The van der Waals surface area contributed by atoms with Crippen LogP contribution in [0.15, 0.2) is 30.3 Å². The van der Waals surface area contributed by atoms with Crippen molar-refractivity contribution in [2.45, 2.75) is 46.0 Å². The molecule has 1 fully saturated rings. The highest BCUT2D eigenvalue weighted by Gasteiger charge is 2.31. The lowest BCUT2D eigenvalue weighted by atomic mass is 9.72. The summed E-state index contributed by atoms with van der Waals surface area (Å²) in [7, 11) is 0. The van der Waals surface area contributed by atoms with Gasteiger partial charge in [-0.1, -0.05) is 51.1 Å². The van der Waals surface area contributed by atoms with Gasteiger partial charge in [-0.2, -0.15) is 0 Å². The van der Waals surface area contributed by atoms with Crippen molar-refractivity contribution in [1.29, 1.82) is 0 Å². The van der Waals surface area contributed by atoms with Crippen LogP contribution in [0.2, 0.25) is 0 Å². The first-order valence-electron chi connectivity index (χ1n) is 7.18. The van der Waals surface area contributed by atoms with E-state index in [-0.39, 0.29) is 11.8 Å². The number of ketones is 1. The standard InChI is InChI=1S/C17H24O/c1-12-9-10-16(11-13(12)2)17(18)14(3)15-7-5-4-6-8-15/h4-8,12-14,16H,9-11H2,1-3H3. The largest absolute Gasteiger partial charge is 0.299 e.